The summed E-state index contributed by atoms with van der Waals surface area (Å²) in [5.41, 5.74) is 12.8. The van der Waals surface area contributed by atoms with Gasteiger partial charge in [0.15, 0.2) is 0 Å². The van der Waals surface area contributed by atoms with Gasteiger partial charge in [-0.15, -0.1) is 11.8 Å². The van der Waals surface area contributed by atoms with E-state index in [1.807, 2.05) is 11.8 Å². The monoisotopic (exact) mass is 285 g/mol. The predicted octanol–water partition coefficient (Wildman–Crippen LogP) is 4.71. The maximum Gasteiger partial charge on any atom is 0.0393 e. The average Bonchev–Trinajstić information content (AvgIpc) is 2.42. The van der Waals surface area contributed by atoms with Crippen LogP contribution in [0.4, 0.5) is 0 Å². The van der Waals surface area contributed by atoms with E-state index in [4.69, 9.17) is 5.73 Å². The van der Waals surface area contributed by atoms with E-state index in [0.717, 1.165) is 5.75 Å². The molecule has 0 aliphatic heterocycles. The molecular weight excluding hydrogens is 262 g/mol. The van der Waals surface area contributed by atoms with E-state index in [9.17, 15) is 0 Å². The van der Waals surface area contributed by atoms with Gasteiger partial charge in [-0.05, 0) is 50.5 Å². The number of nitrogens with two attached hydrogens (primary N) is 1. The van der Waals surface area contributed by atoms with Gasteiger partial charge in [-0.2, -0.15) is 0 Å². The fourth-order valence-electron chi connectivity index (χ4n) is 2.29. The highest BCUT2D eigenvalue weighted by Gasteiger charge is 2.10. The van der Waals surface area contributed by atoms with Gasteiger partial charge in [-0.1, -0.05) is 41.5 Å². The molecule has 0 heterocycles. The molecule has 0 aliphatic rings. The van der Waals surface area contributed by atoms with Crippen molar-refractivity contribution < 1.29 is 0 Å². The van der Waals surface area contributed by atoms with Crippen LogP contribution in [0, 0.1) is 27.7 Å². The molecule has 0 spiro atoms. The molecule has 0 saturated carbocycles. The Morgan fingerprint density at radius 3 is 2.20 bits per heavy atom. The van der Waals surface area contributed by atoms with Crippen LogP contribution in [-0.2, 0) is 0 Å². The zero-order chi connectivity index (χ0) is 14.7. The minimum atomic E-state index is 0.0832. The smallest absolute Gasteiger partial charge is 0.0393 e. The lowest BCUT2D eigenvalue weighted by Crippen LogP contribution is -2.14. The van der Waals surface area contributed by atoms with Gasteiger partial charge in [0.1, 0.15) is 0 Å². The number of hydrogen-bond donors (Lipinski definition) is 1. The summed E-state index contributed by atoms with van der Waals surface area (Å²) in [7, 11) is 0. The molecule has 0 aliphatic carbocycles. The first kappa shape index (κ1) is 15.1. The Labute approximate surface area is 126 Å². The summed E-state index contributed by atoms with van der Waals surface area (Å²) in [6, 6.07) is 13.2. The first-order chi connectivity index (χ1) is 9.47. The minimum absolute atomic E-state index is 0.0832. The van der Waals surface area contributed by atoms with Gasteiger partial charge >= 0.3 is 0 Å². The fraction of sp³-hybridized carbons (Fsp3) is 0.333. The Kier molecular flexibility index (Phi) is 4.90. The lowest BCUT2D eigenvalue weighted by atomic mass is 10.0. The summed E-state index contributed by atoms with van der Waals surface area (Å²) in [5, 5.41) is 0. The highest BCUT2D eigenvalue weighted by molar-refractivity contribution is 7.99. The Hall–Kier alpha value is -1.25. The zero-order valence-corrected chi connectivity index (χ0v) is 13.6. The van der Waals surface area contributed by atoms with E-state index in [1.54, 1.807) is 0 Å². The normalized spacial score (nSPS) is 12.4. The van der Waals surface area contributed by atoms with Crippen molar-refractivity contribution in [3.8, 4) is 0 Å². The van der Waals surface area contributed by atoms with E-state index in [-0.39, 0.29) is 6.04 Å². The highest BCUT2D eigenvalue weighted by atomic mass is 32.2. The molecule has 0 bridgehead atoms. The SMILES string of the molecule is Cc1ccc(C)c(SCC(N)c2cc(C)ccc2C)c1. The molecule has 2 aromatic carbocycles. The molecule has 2 rings (SSSR count). The number of thioether (sulfide) groups is 1. The summed E-state index contributed by atoms with van der Waals surface area (Å²) in [6.07, 6.45) is 0. The lowest BCUT2D eigenvalue weighted by Gasteiger charge is -2.16. The molecule has 20 heavy (non-hydrogen) atoms. The van der Waals surface area contributed by atoms with Gasteiger partial charge in [0.25, 0.3) is 0 Å². The molecule has 0 saturated heterocycles. The second-order valence-electron chi connectivity index (χ2n) is 5.55. The molecular formula is C18H23NS. The maximum atomic E-state index is 6.38. The molecule has 2 aromatic rings. The number of aryl methyl sites for hydroxylation is 4. The average molecular weight is 285 g/mol. The van der Waals surface area contributed by atoms with Crippen molar-refractivity contribution in [2.24, 2.45) is 5.73 Å². The van der Waals surface area contributed by atoms with E-state index in [0.29, 0.717) is 0 Å². The molecule has 1 atom stereocenters. The zero-order valence-electron chi connectivity index (χ0n) is 12.7. The van der Waals surface area contributed by atoms with Crippen molar-refractivity contribution in [2.75, 3.05) is 5.75 Å². The summed E-state index contributed by atoms with van der Waals surface area (Å²) < 4.78 is 0. The molecule has 2 heteroatoms. The van der Waals surface area contributed by atoms with Gasteiger partial charge < -0.3 is 5.73 Å². The maximum absolute atomic E-state index is 6.38. The second-order valence-corrected chi connectivity index (χ2v) is 6.61. The summed E-state index contributed by atoms with van der Waals surface area (Å²) in [5.74, 6) is 0.911. The van der Waals surface area contributed by atoms with Crippen LogP contribution in [0.25, 0.3) is 0 Å². The van der Waals surface area contributed by atoms with Crippen LogP contribution in [0.5, 0.6) is 0 Å². The quantitative estimate of drug-likeness (QED) is 0.823. The Bertz CT molecular complexity index is 604. The first-order valence-corrected chi connectivity index (χ1v) is 7.98. The predicted molar refractivity (Wildman–Crippen MR) is 89.5 cm³/mol. The van der Waals surface area contributed by atoms with E-state index in [2.05, 4.69) is 64.1 Å². The molecule has 106 valence electrons. The summed E-state index contributed by atoms with van der Waals surface area (Å²) in [4.78, 5) is 1.34. The molecule has 0 fully saturated rings. The van der Waals surface area contributed by atoms with Crippen LogP contribution in [0.15, 0.2) is 41.3 Å². The minimum Gasteiger partial charge on any atom is -0.323 e. The molecule has 0 amide bonds. The molecule has 1 unspecified atom stereocenters. The summed E-state index contributed by atoms with van der Waals surface area (Å²) >= 11 is 1.85. The van der Waals surface area contributed by atoms with Crippen LogP contribution in [0.3, 0.4) is 0 Å². The molecule has 0 aromatic heterocycles. The van der Waals surface area contributed by atoms with Crippen LogP contribution in [-0.4, -0.2) is 5.75 Å². The van der Waals surface area contributed by atoms with Crippen molar-refractivity contribution in [2.45, 2.75) is 38.6 Å². The third-order valence-corrected chi connectivity index (χ3v) is 4.87. The van der Waals surface area contributed by atoms with Crippen LogP contribution < -0.4 is 5.73 Å². The first-order valence-electron chi connectivity index (χ1n) is 7.00. The Balaban J connectivity index is 2.10. The van der Waals surface area contributed by atoms with Crippen LogP contribution in [0.2, 0.25) is 0 Å². The van der Waals surface area contributed by atoms with Crippen LogP contribution in [0.1, 0.15) is 33.9 Å². The second kappa shape index (κ2) is 6.47. The molecule has 0 radical (unpaired) electrons. The van der Waals surface area contributed by atoms with E-state index < -0.39 is 0 Å². The van der Waals surface area contributed by atoms with Crippen LogP contribution >= 0.6 is 11.8 Å². The third kappa shape index (κ3) is 3.65. The van der Waals surface area contributed by atoms with E-state index in [1.165, 1.54) is 32.7 Å². The highest BCUT2D eigenvalue weighted by Crippen LogP contribution is 2.28. The van der Waals surface area contributed by atoms with Gasteiger partial charge in [0, 0.05) is 16.7 Å². The Morgan fingerprint density at radius 2 is 1.50 bits per heavy atom. The Morgan fingerprint density at radius 1 is 0.900 bits per heavy atom. The standard InChI is InChI=1S/C18H23NS/c1-12-5-7-14(3)16(9-12)17(19)11-20-18-10-13(2)6-8-15(18)4/h5-10,17H,11,19H2,1-4H3. The third-order valence-electron chi connectivity index (χ3n) is 3.60. The fourth-order valence-corrected chi connectivity index (χ4v) is 3.40. The van der Waals surface area contributed by atoms with Crippen molar-refractivity contribution in [3.63, 3.8) is 0 Å². The van der Waals surface area contributed by atoms with Crippen molar-refractivity contribution >= 4 is 11.8 Å². The molecule has 1 nitrogen and oxygen atoms in total. The molecule has 2 N–H and O–H groups in total. The number of benzene rings is 2. The number of hydrogen-bond acceptors (Lipinski definition) is 2. The largest absolute Gasteiger partial charge is 0.323 e. The van der Waals surface area contributed by atoms with Crippen molar-refractivity contribution in [3.05, 3.63) is 64.2 Å². The van der Waals surface area contributed by atoms with Gasteiger partial charge in [0.05, 0.1) is 0 Å². The van der Waals surface area contributed by atoms with Gasteiger partial charge in [0.2, 0.25) is 0 Å². The van der Waals surface area contributed by atoms with Crippen molar-refractivity contribution in [1.82, 2.24) is 0 Å². The number of rotatable bonds is 4. The van der Waals surface area contributed by atoms with Crippen molar-refractivity contribution in [1.29, 1.82) is 0 Å². The van der Waals surface area contributed by atoms with Gasteiger partial charge in [-0.3, -0.25) is 0 Å². The van der Waals surface area contributed by atoms with E-state index >= 15 is 0 Å². The topological polar surface area (TPSA) is 26.0 Å². The van der Waals surface area contributed by atoms with Gasteiger partial charge in [-0.25, -0.2) is 0 Å². The summed E-state index contributed by atoms with van der Waals surface area (Å²) in [6.45, 7) is 8.55. The lowest BCUT2D eigenvalue weighted by molar-refractivity contribution is 0.821.